The number of hydrogen-bond acceptors (Lipinski definition) is 3. The molecule has 7 heteroatoms. The second kappa shape index (κ2) is 5.28. The number of nitrogens with zero attached hydrogens (tertiary/aromatic N) is 1. The van der Waals surface area contributed by atoms with Crippen molar-refractivity contribution in [3.05, 3.63) is 28.5 Å². The number of carbonyl (C=O) groups is 2. The van der Waals surface area contributed by atoms with Gasteiger partial charge in [0.15, 0.2) is 0 Å². The molecule has 2 amide bonds. The highest BCUT2D eigenvalue weighted by Crippen LogP contribution is 2.47. The highest BCUT2D eigenvalue weighted by molar-refractivity contribution is 9.10. The fraction of sp³-hybridized carbons (Fsp3) is 0.429. The molecule has 2 atom stereocenters. The van der Waals surface area contributed by atoms with Crippen LogP contribution in [0.25, 0.3) is 0 Å². The molecule has 2 aliphatic rings. The average Bonchev–Trinajstić information content (AvgIpc) is 2.90. The van der Waals surface area contributed by atoms with Gasteiger partial charge in [-0.05, 0) is 31.5 Å². The lowest BCUT2D eigenvalue weighted by Crippen LogP contribution is -2.48. The third-order valence-corrected chi connectivity index (χ3v) is 5.93. The maximum atomic E-state index is 13.8. The monoisotopic (exact) mass is 372 g/mol. The molecule has 21 heavy (non-hydrogen) atoms. The van der Waals surface area contributed by atoms with Gasteiger partial charge in [0, 0.05) is 16.6 Å². The maximum absolute atomic E-state index is 13.8. The minimum Gasteiger partial charge on any atom is -0.322 e. The van der Waals surface area contributed by atoms with Gasteiger partial charge in [0.25, 0.3) is 0 Å². The Bertz CT molecular complexity index is 627. The molecular formula is C14H14BrFN2O2S. The molecule has 0 spiro atoms. The minimum atomic E-state index is -0.530. The fourth-order valence-electron chi connectivity index (χ4n) is 2.82. The summed E-state index contributed by atoms with van der Waals surface area (Å²) in [5.41, 5.74) is 0.133. The summed E-state index contributed by atoms with van der Waals surface area (Å²) in [7, 11) is 0. The number of thioether (sulfide) groups is 1. The number of halogens is 2. The van der Waals surface area contributed by atoms with E-state index in [0.29, 0.717) is 16.6 Å². The molecule has 2 saturated heterocycles. The molecule has 4 nitrogen and oxygen atoms in total. The van der Waals surface area contributed by atoms with E-state index in [-0.39, 0.29) is 22.4 Å². The molecule has 1 aromatic rings. The highest BCUT2D eigenvalue weighted by atomic mass is 79.9. The van der Waals surface area contributed by atoms with Crippen LogP contribution in [0.3, 0.4) is 0 Å². The van der Waals surface area contributed by atoms with Crippen LogP contribution in [-0.2, 0) is 9.59 Å². The standard InChI is InChI=1S/C14H14BrFN2O2S/c1-14-5-4-12(19)18(14)11(7-21-14)13(20)17-10-3-2-8(15)6-9(10)16/h2-3,6,11H,4-5,7H2,1H3,(H,17,20)/t11-,14+/m0/s1. The van der Waals surface area contributed by atoms with Crippen LogP contribution in [0.2, 0.25) is 0 Å². The Labute approximate surface area is 134 Å². The van der Waals surface area contributed by atoms with Crippen LogP contribution in [0.15, 0.2) is 22.7 Å². The Kier molecular flexibility index (Phi) is 3.73. The summed E-state index contributed by atoms with van der Waals surface area (Å²) in [6.45, 7) is 1.98. The summed E-state index contributed by atoms with van der Waals surface area (Å²) in [4.78, 5) is 25.7. The van der Waals surface area contributed by atoms with Crippen molar-refractivity contribution < 1.29 is 14.0 Å². The predicted octanol–water partition coefficient (Wildman–Crippen LogP) is 2.98. The van der Waals surface area contributed by atoms with Crippen LogP contribution >= 0.6 is 27.7 Å². The lowest BCUT2D eigenvalue weighted by Gasteiger charge is -2.29. The number of carbonyl (C=O) groups excluding carboxylic acids is 2. The molecule has 0 bridgehead atoms. The number of fused-ring (bicyclic) bond motifs is 1. The number of nitrogens with one attached hydrogen (secondary N) is 1. The van der Waals surface area contributed by atoms with Crippen molar-refractivity contribution >= 4 is 45.2 Å². The molecule has 112 valence electrons. The van der Waals surface area contributed by atoms with Crippen molar-refractivity contribution in [2.45, 2.75) is 30.7 Å². The molecule has 1 aromatic carbocycles. The maximum Gasteiger partial charge on any atom is 0.248 e. The first-order valence-electron chi connectivity index (χ1n) is 6.63. The molecule has 0 unspecified atom stereocenters. The normalized spacial score (nSPS) is 27.9. The second-order valence-electron chi connectivity index (χ2n) is 5.38. The van der Waals surface area contributed by atoms with Crippen molar-refractivity contribution in [1.82, 2.24) is 4.90 Å². The summed E-state index contributed by atoms with van der Waals surface area (Å²) in [5, 5.41) is 2.59. The highest BCUT2D eigenvalue weighted by Gasteiger charge is 2.52. The molecule has 2 fully saturated rings. The van der Waals surface area contributed by atoms with E-state index in [0.717, 1.165) is 6.42 Å². The minimum absolute atomic E-state index is 0.000993. The SMILES string of the molecule is C[C@@]12CCC(=O)N1[C@H](C(=O)Nc1ccc(Br)cc1F)CS2. The van der Waals surface area contributed by atoms with E-state index in [2.05, 4.69) is 21.2 Å². The van der Waals surface area contributed by atoms with Crippen molar-refractivity contribution in [2.24, 2.45) is 0 Å². The van der Waals surface area contributed by atoms with E-state index in [1.54, 1.807) is 22.7 Å². The first-order chi connectivity index (χ1) is 9.90. The van der Waals surface area contributed by atoms with Crippen LogP contribution in [0.4, 0.5) is 10.1 Å². The molecule has 2 heterocycles. The van der Waals surface area contributed by atoms with Crippen molar-refractivity contribution in [3.8, 4) is 0 Å². The van der Waals surface area contributed by atoms with Gasteiger partial charge in [0.05, 0.1) is 10.6 Å². The third-order valence-electron chi connectivity index (χ3n) is 3.94. The number of anilines is 1. The molecule has 0 radical (unpaired) electrons. The Balaban J connectivity index is 1.78. The first kappa shape index (κ1) is 14.8. The van der Waals surface area contributed by atoms with Gasteiger partial charge in [-0.25, -0.2) is 4.39 Å². The van der Waals surface area contributed by atoms with Crippen LogP contribution in [0, 0.1) is 5.82 Å². The fourth-order valence-corrected chi connectivity index (χ4v) is 4.59. The van der Waals surface area contributed by atoms with Gasteiger partial charge in [-0.3, -0.25) is 9.59 Å². The zero-order valence-corrected chi connectivity index (χ0v) is 13.8. The van der Waals surface area contributed by atoms with Gasteiger partial charge < -0.3 is 10.2 Å². The van der Waals surface area contributed by atoms with Crippen LogP contribution < -0.4 is 5.32 Å². The Hall–Kier alpha value is -1.08. The second-order valence-corrected chi connectivity index (χ2v) is 7.80. The summed E-state index contributed by atoms with van der Waals surface area (Å²) >= 11 is 4.79. The molecule has 1 N–H and O–H groups in total. The van der Waals surface area contributed by atoms with E-state index in [1.165, 1.54) is 12.1 Å². The Morgan fingerprint density at radius 2 is 2.33 bits per heavy atom. The van der Waals surface area contributed by atoms with Crippen LogP contribution in [0.5, 0.6) is 0 Å². The molecule has 0 aliphatic carbocycles. The quantitative estimate of drug-likeness (QED) is 0.867. The number of amides is 2. The van der Waals surface area contributed by atoms with E-state index in [1.807, 2.05) is 6.92 Å². The van der Waals surface area contributed by atoms with Crippen LogP contribution in [0.1, 0.15) is 19.8 Å². The molecular weight excluding hydrogens is 359 g/mol. The summed E-state index contributed by atoms with van der Waals surface area (Å²) in [6, 6.07) is 3.93. The predicted molar refractivity (Wildman–Crippen MR) is 83.5 cm³/mol. The number of benzene rings is 1. The topological polar surface area (TPSA) is 49.4 Å². The smallest absolute Gasteiger partial charge is 0.248 e. The van der Waals surface area contributed by atoms with E-state index >= 15 is 0 Å². The molecule has 3 rings (SSSR count). The van der Waals surface area contributed by atoms with Crippen LogP contribution in [-0.4, -0.2) is 33.4 Å². The number of rotatable bonds is 2. The summed E-state index contributed by atoms with van der Waals surface area (Å²) in [6.07, 6.45) is 1.23. The first-order valence-corrected chi connectivity index (χ1v) is 8.41. The Morgan fingerprint density at radius 1 is 1.57 bits per heavy atom. The summed E-state index contributed by atoms with van der Waals surface area (Å²) < 4.78 is 14.4. The van der Waals surface area contributed by atoms with E-state index in [4.69, 9.17) is 0 Å². The van der Waals surface area contributed by atoms with Gasteiger partial charge in [0.2, 0.25) is 11.8 Å². The van der Waals surface area contributed by atoms with E-state index in [9.17, 15) is 14.0 Å². The zero-order chi connectivity index (χ0) is 15.2. The number of hydrogen-bond donors (Lipinski definition) is 1. The van der Waals surface area contributed by atoms with Gasteiger partial charge in [-0.1, -0.05) is 15.9 Å². The third kappa shape index (κ3) is 2.57. The van der Waals surface area contributed by atoms with Crippen molar-refractivity contribution in [3.63, 3.8) is 0 Å². The largest absolute Gasteiger partial charge is 0.322 e. The lowest BCUT2D eigenvalue weighted by molar-refractivity contribution is -0.135. The Morgan fingerprint density at radius 3 is 3.05 bits per heavy atom. The van der Waals surface area contributed by atoms with Crippen molar-refractivity contribution in [1.29, 1.82) is 0 Å². The van der Waals surface area contributed by atoms with Crippen molar-refractivity contribution in [2.75, 3.05) is 11.1 Å². The molecule has 0 aromatic heterocycles. The van der Waals surface area contributed by atoms with Gasteiger partial charge in [0.1, 0.15) is 11.9 Å². The molecule has 2 aliphatic heterocycles. The van der Waals surface area contributed by atoms with Gasteiger partial charge in [-0.15, -0.1) is 11.8 Å². The average molecular weight is 373 g/mol. The van der Waals surface area contributed by atoms with Gasteiger partial charge in [-0.2, -0.15) is 0 Å². The summed E-state index contributed by atoms with van der Waals surface area (Å²) in [5.74, 6) is -0.285. The molecule has 0 saturated carbocycles. The van der Waals surface area contributed by atoms with Gasteiger partial charge >= 0.3 is 0 Å². The lowest BCUT2D eigenvalue weighted by atomic mass is 10.2. The van der Waals surface area contributed by atoms with E-state index < -0.39 is 11.9 Å². The zero-order valence-electron chi connectivity index (χ0n) is 11.4.